The molecule has 1 fully saturated rings. The van der Waals surface area contributed by atoms with E-state index in [1.807, 2.05) is 6.92 Å². The van der Waals surface area contributed by atoms with E-state index in [-0.39, 0.29) is 5.92 Å². The second-order valence-electron chi connectivity index (χ2n) is 5.35. The molecule has 0 aromatic rings. The highest BCUT2D eigenvalue weighted by Gasteiger charge is 2.23. The molecule has 0 radical (unpaired) electrons. The molecule has 1 aliphatic heterocycles. The first-order valence-electron chi connectivity index (χ1n) is 5.65. The molecular weight excluding hydrogens is 172 g/mol. The van der Waals surface area contributed by atoms with Crippen molar-refractivity contribution in [2.45, 2.75) is 40.0 Å². The minimum Gasteiger partial charge on any atom is -0.302 e. The van der Waals surface area contributed by atoms with Gasteiger partial charge in [0, 0.05) is 6.54 Å². The summed E-state index contributed by atoms with van der Waals surface area (Å²) < 4.78 is 0. The van der Waals surface area contributed by atoms with E-state index >= 15 is 0 Å². The molecule has 0 saturated carbocycles. The average Bonchev–Trinajstić information content (AvgIpc) is 2.28. The monoisotopic (exact) mass is 194 g/mol. The highest BCUT2D eigenvalue weighted by molar-refractivity contribution is 4.83. The van der Waals surface area contributed by atoms with Crippen LogP contribution < -0.4 is 0 Å². The van der Waals surface area contributed by atoms with Gasteiger partial charge in [-0.05, 0) is 44.7 Å². The lowest BCUT2D eigenvalue weighted by Crippen LogP contribution is -2.29. The molecule has 0 aliphatic carbocycles. The maximum atomic E-state index is 8.76. The third-order valence-electron chi connectivity index (χ3n) is 3.19. The summed E-state index contributed by atoms with van der Waals surface area (Å²) in [5, 5.41) is 8.76. The minimum atomic E-state index is 0.177. The summed E-state index contributed by atoms with van der Waals surface area (Å²) in [4.78, 5) is 2.45. The summed E-state index contributed by atoms with van der Waals surface area (Å²) in [6, 6.07) is 2.31. The molecule has 0 spiro atoms. The molecule has 0 bridgehead atoms. The van der Waals surface area contributed by atoms with Crippen molar-refractivity contribution in [3.8, 4) is 6.07 Å². The van der Waals surface area contributed by atoms with Gasteiger partial charge in [-0.15, -0.1) is 0 Å². The molecule has 1 rings (SSSR count). The van der Waals surface area contributed by atoms with Crippen molar-refractivity contribution in [1.82, 2.24) is 4.90 Å². The molecule has 1 heterocycles. The topological polar surface area (TPSA) is 27.0 Å². The smallest absolute Gasteiger partial charge is 0.0666 e. The normalized spacial score (nSPS) is 25.0. The van der Waals surface area contributed by atoms with Crippen LogP contribution in [0.3, 0.4) is 0 Å². The standard InChI is InChI=1S/C12H22N2/c1-11(9-13)10-14-7-4-5-12(2,3)6-8-14/h11H,4-8,10H2,1-3H3. The van der Waals surface area contributed by atoms with E-state index in [9.17, 15) is 0 Å². The number of nitriles is 1. The van der Waals surface area contributed by atoms with Gasteiger partial charge >= 0.3 is 0 Å². The largest absolute Gasteiger partial charge is 0.302 e. The highest BCUT2D eigenvalue weighted by atomic mass is 15.1. The van der Waals surface area contributed by atoms with Crippen molar-refractivity contribution < 1.29 is 0 Å². The van der Waals surface area contributed by atoms with E-state index in [2.05, 4.69) is 24.8 Å². The van der Waals surface area contributed by atoms with Crippen LogP contribution in [0.25, 0.3) is 0 Å². The van der Waals surface area contributed by atoms with Crippen LogP contribution in [0.4, 0.5) is 0 Å². The lowest BCUT2D eigenvalue weighted by Gasteiger charge is -2.23. The van der Waals surface area contributed by atoms with Gasteiger partial charge in [0.05, 0.1) is 12.0 Å². The maximum absolute atomic E-state index is 8.76. The Labute approximate surface area is 87.9 Å². The van der Waals surface area contributed by atoms with Crippen LogP contribution in [0.15, 0.2) is 0 Å². The van der Waals surface area contributed by atoms with Crippen LogP contribution in [-0.2, 0) is 0 Å². The zero-order valence-corrected chi connectivity index (χ0v) is 9.71. The second-order valence-corrected chi connectivity index (χ2v) is 5.35. The summed E-state index contributed by atoms with van der Waals surface area (Å²) in [5.41, 5.74) is 0.505. The zero-order chi connectivity index (χ0) is 10.6. The Hall–Kier alpha value is -0.550. The Morgan fingerprint density at radius 3 is 2.71 bits per heavy atom. The molecular formula is C12H22N2. The Morgan fingerprint density at radius 1 is 1.36 bits per heavy atom. The molecule has 1 aliphatic rings. The van der Waals surface area contributed by atoms with Crippen molar-refractivity contribution in [3.63, 3.8) is 0 Å². The molecule has 0 N–H and O–H groups in total. The molecule has 0 aromatic carbocycles. The van der Waals surface area contributed by atoms with Gasteiger partial charge in [-0.25, -0.2) is 0 Å². The predicted octanol–water partition coefficient (Wildman–Crippen LogP) is 2.66. The highest BCUT2D eigenvalue weighted by Crippen LogP contribution is 2.29. The molecule has 2 nitrogen and oxygen atoms in total. The summed E-state index contributed by atoms with van der Waals surface area (Å²) in [5.74, 6) is 0.177. The van der Waals surface area contributed by atoms with Crippen molar-refractivity contribution in [3.05, 3.63) is 0 Å². The van der Waals surface area contributed by atoms with E-state index in [1.54, 1.807) is 0 Å². The van der Waals surface area contributed by atoms with E-state index < -0.39 is 0 Å². The molecule has 1 unspecified atom stereocenters. The number of hydrogen-bond acceptors (Lipinski definition) is 2. The zero-order valence-electron chi connectivity index (χ0n) is 9.71. The van der Waals surface area contributed by atoms with Gasteiger partial charge in [-0.3, -0.25) is 0 Å². The van der Waals surface area contributed by atoms with Crippen molar-refractivity contribution in [1.29, 1.82) is 5.26 Å². The Kier molecular flexibility index (Phi) is 3.95. The quantitative estimate of drug-likeness (QED) is 0.675. The number of rotatable bonds is 2. The Morgan fingerprint density at radius 2 is 2.07 bits per heavy atom. The molecule has 14 heavy (non-hydrogen) atoms. The SMILES string of the molecule is CC(C#N)CN1CCCC(C)(C)CC1. The fourth-order valence-corrected chi connectivity index (χ4v) is 2.09. The Bertz CT molecular complexity index is 215. The van der Waals surface area contributed by atoms with E-state index in [0.717, 1.165) is 6.54 Å². The van der Waals surface area contributed by atoms with Gasteiger partial charge in [-0.2, -0.15) is 5.26 Å². The summed E-state index contributed by atoms with van der Waals surface area (Å²) in [6.07, 6.45) is 3.88. The fourth-order valence-electron chi connectivity index (χ4n) is 2.09. The van der Waals surface area contributed by atoms with Crippen LogP contribution in [0, 0.1) is 22.7 Å². The molecule has 0 aromatic heterocycles. The predicted molar refractivity (Wildman–Crippen MR) is 58.8 cm³/mol. The first-order chi connectivity index (χ1) is 6.53. The van der Waals surface area contributed by atoms with Gasteiger partial charge in [0.15, 0.2) is 0 Å². The van der Waals surface area contributed by atoms with Gasteiger partial charge in [0.25, 0.3) is 0 Å². The van der Waals surface area contributed by atoms with Gasteiger partial charge < -0.3 is 4.90 Å². The van der Waals surface area contributed by atoms with Gasteiger partial charge in [0.2, 0.25) is 0 Å². The molecule has 1 saturated heterocycles. The van der Waals surface area contributed by atoms with Crippen LogP contribution in [-0.4, -0.2) is 24.5 Å². The summed E-state index contributed by atoms with van der Waals surface area (Å²) >= 11 is 0. The number of hydrogen-bond donors (Lipinski definition) is 0. The first-order valence-corrected chi connectivity index (χ1v) is 5.65. The lowest BCUT2D eigenvalue weighted by atomic mass is 9.85. The molecule has 2 heteroatoms. The summed E-state index contributed by atoms with van der Waals surface area (Å²) in [6.45, 7) is 10.0. The fraction of sp³-hybridized carbons (Fsp3) is 0.917. The van der Waals surface area contributed by atoms with Crippen LogP contribution in [0.1, 0.15) is 40.0 Å². The number of likely N-dealkylation sites (tertiary alicyclic amines) is 1. The van der Waals surface area contributed by atoms with Crippen LogP contribution in [0.5, 0.6) is 0 Å². The average molecular weight is 194 g/mol. The Balaban J connectivity index is 2.39. The first kappa shape index (κ1) is 11.5. The van der Waals surface area contributed by atoms with Crippen LogP contribution in [0.2, 0.25) is 0 Å². The molecule has 1 atom stereocenters. The van der Waals surface area contributed by atoms with Gasteiger partial charge in [0.1, 0.15) is 0 Å². The minimum absolute atomic E-state index is 0.177. The molecule has 80 valence electrons. The van der Waals surface area contributed by atoms with Gasteiger partial charge in [-0.1, -0.05) is 13.8 Å². The van der Waals surface area contributed by atoms with E-state index in [4.69, 9.17) is 5.26 Å². The molecule has 0 amide bonds. The third-order valence-corrected chi connectivity index (χ3v) is 3.19. The third kappa shape index (κ3) is 3.67. The summed E-state index contributed by atoms with van der Waals surface area (Å²) in [7, 11) is 0. The maximum Gasteiger partial charge on any atom is 0.0666 e. The van der Waals surface area contributed by atoms with Crippen LogP contribution >= 0.6 is 0 Å². The lowest BCUT2D eigenvalue weighted by molar-refractivity contribution is 0.248. The van der Waals surface area contributed by atoms with Crippen molar-refractivity contribution in [2.75, 3.05) is 19.6 Å². The second kappa shape index (κ2) is 4.79. The van der Waals surface area contributed by atoms with E-state index in [1.165, 1.54) is 32.4 Å². The van der Waals surface area contributed by atoms with Crippen molar-refractivity contribution in [2.24, 2.45) is 11.3 Å². The van der Waals surface area contributed by atoms with Crippen molar-refractivity contribution >= 4 is 0 Å². The number of nitrogens with zero attached hydrogens (tertiary/aromatic N) is 2. The van der Waals surface area contributed by atoms with E-state index in [0.29, 0.717) is 5.41 Å².